The minimum absolute atomic E-state index is 0. The first-order valence-corrected chi connectivity index (χ1v) is 0. The predicted molar refractivity (Wildman–Crippen MR) is 5.75 cm³/mol. The van der Waals surface area contributed by atoms with Crippen LogP contribution in [0.15, 0.2) is 0 Å². The summed E-state index contributed by atoms with van der Waals surface area (Å²) >= 11 is 0. The van der Waals surface area contributed by atoms with Gasteiger partial charge in [-0.25, -0.2) is 0 Å². The Morgan fingerprint density at radius 2 is 1.00 bits per heavy atom. The summed E-state index contributed by atoms with van der Waals surface area (Å²) in [5.41, 5.74) is 0. The average Bonchev–Trinajstić information content (AvgIpc) is 0. The van der Waals surface area contributed by atoms with E-state index in [1.54, 1.807) is 0 Å². The van der Waals surface area contributed by atoms with Gasteiger partial charge in [0.1, 0.15) is 0 Å². The van der Waals surface area contributed by atoms with E-state index in [1.807, 2.05) is 0 Å². The molecule has 0 fully saturated rings. The maximum atomic E-state index is 0. The quantitative estimate of drug-likeness (QED) is 0.498. The van der Waals surface area contributed by atoms with Crippen LogP contribution in [0.4, 0.5) is 0 Å². The fourth-order valence-electron chi connectivity index (χ4n) is 0. The van der Waals surface area contributed by atoms with E-state index >= 15 is 0 Å². The van der Waals surface area contributed by atoms with Gasteiger partial charge in [-0.05, 0) is 0 Å². The van der Waals surface area contributed by atoms with Gasteiger partial charge in [-0.1, -0.05) is 0 Å². The van der Waals surface area contributed by atoms with Crippen LogP contribution >= 0.6 is 0 Å². The molecule has 0 unspecified atom stereocenters. The summed E-state index contributed by atoms with van der Waals surface area (Å²) in [5.74, 6) is 0. The van der Waals surface area contributed by atoms with Crippen molar-refractivity contribution in [1.29, 1.82) is 0 Å². The van der Waals surface area contributed by atoms with Crippen LogP contribution in [0.3, 0.4) is 0 Å². The number of rotatable bonds is 0. The van der Waals surface area contributed by atoms with Gasteiger partial charge in [0, 0.05) is 80.6 Å². The fraction of sp³-hybridized carbons (Fsp3) is 0. The van der Waals surface area contributed by atoms with Gasteiger partial charge >= 0.3 is 0 Å². The van der Waals surface area contributed by atoms with Gasteiger partial charge < -0.3 is 0 Å². The van der Waals surface area contributed by atoms with Crippen molar-refractivity contribution in [3.8, 4) is 0 Å². The second kappa shape index (κ2) is 17.6. The molecule has 0 bridgehead atoms. The molecule has 0 amide bonds. The van der Waals surface area contributed by atoms with Gasteiger partial charge in [0.15, 0.2) is 0 Å². The Morgan fingerprint density at radius 1 is 1.00 bits per heavy atom. The Morgan fingerprint density at radius 3 is 1.00 bits per heavy atom. The van der Waals surface area contributed by atoms with Crippen LogP contribution in [0.2, 0.25) is 0 Å². The van der Waals surface area contributed by atoms with E-state index in [0.29, 0.717) is 0 Å². The summed E-state index contributed by atoms with van der Waals surface area (Å²) in [4.78, 5) is 0. The third-order valence-corrected chi connectivity index (χ3v) is 0. The summed E-state index contributed by atoms with van der Waals surface area (Å²) in [5, 5.41) is 0. The second-order valence-electron chi connectivity index (χ2n) is 0. The number of hydrogen-bond donors (Lipinski definition) is 0. The first kappa shape index (κ1) is 30.8. The van der Waals surface area contributed by atoms with Gasteiger partial charge in [0.2, 0.25) is 0 Å². The zero-order valence-corrected chi connectivity index (χ0v) is 11.0. The van der Waals surface area contributed by atoms with Gasteiger partial charge in [-0.15, -0.1) is 0 Å². The molecular formula is CoMnPbZn. The maximum Gasteiger partial charge on any atom is 0 e. The van der Waals surface area contributed by atoms with Crippen molar-refractivity contribution in [3.05, 3.63) is 0 Å². The topological polar surface area (TPSA) is 0 Å². The molecule has 0 spiro atoms. The molecular weight excluding hydrogens is 386 g/mol. The minimum atomic E-state index is 0. The van der Waals surface area contributed by atoms with Crippen LogP contribution in [0, 0.1) is 0 Å². The van der Waals surface area contributed by atoms with Crippen LogP contribution in [0.5, 0.6) is 0 Å². The molecule has 4 heavy (non-hydrogen) atoms. The van der Waals surface area contributed by atoms with Crippen LogP contribution < -0.4 is 0 Å². The van der Waals surface area contributed by atoms with Crippen molar-refractivity contribution in [2.24, 2.45) is 0 Å². The van der Waals surface area contributed by atoms with E-state index < -0.39 is 0 Å². The Bertz CT molecular complexity index is 8.00. The molecule has 0 heterocycles. The van der Waals surface area contributed by atoms with Crippen molar-refractivity contribution in [1.82, 2.24) is 0 Å². The molecule has 0 rings (SSSR count). The van der Waals surface area contributed by atoms with Crippen LogP contribution in [0.25, 0.3) is 0 Å². The first-order chi connectivity index (χ1) is 0. The number of hydrogen-bond acceptors (Lipinski definition) is 0. The van der Waals surface area contributed by atoms with E-state index in [-0.39, 0.29) is 80.6 Å². The predicted octanol–water partition coefficient (Wildman–Crippen LogP) is -0.388. The van der Waals surface area contributed by atoms with E-state index in [1.165, 1.54) is 0 Å². The zero-order chi connectivity index (χ0) is 0. The third kappa shape index (κ3) is 8.82. The molecule has 0 atom stereocenters. The van der Waals surface area contributed by atoms with E-state index in [0.717, 1.165) is 0 Å². The Hall–Kier alpha value is 2.57. The summed E-state index contributed by atoms with van der Waals surface area (Å²) < 4.78 is 0. The monoisotopic (exact) mass is 386 g/mol. The molecule has 0 aromatic rings. The molecule has 0 aliphatic carbocycles. The second-order valence-corrected chi connectivity index (χ2v) is 0. The van der Waals surface area contributed by atoms with Crippen LogP contribution in [0.1, 0.15) is 0 Å². The molecule has 6 radical (unpaired) electrons. The van der Waals surface area contributed by atoms with Gasteiger partial charge in [0.25, 0.3) is 0 Å². The average molecular weight is 386 g/mol. The third-order valence-electron chi connectivity index (χ3n) is 0. The molecule has 22 valence electrons. The summed E-state index contributed by atoms with van der Waals surface area (Å²) in [6.07, 6.45) is 0. The molecule has 0 aliphatic heterocycles. The normalized spacial score (nSPS) is 0. The van der Waals surface area contributed by atoms with Crippen molar-refractivity contribution >= 4 is 27.3 Å². The summed E-state index contributed by atoms with van der Waals surface area (Å²) in [6.45, 7) is 0. The molecule has 0 N–H and O–H groups in total. The summed E-state index contributed by atoms with van der Waals surface area (Å²) in [7, 11) is 0. The summed E-state index contributed by atoms with van der Waals surface area (Å²) in [6, 6.07) is 0. The molecule has 0 aliphatic rings. The van der Waals surface area contributed by atoms with Crippen LogP contribution in [-0.2, 0) is 53.3 Å². The zero-order valence-electron chi connectivity index (χ0n) is 1.92. The minimum Gasteiger partial charge on any atom is 0 e. The van der Waals surface area contributed by atoms with E-state index in [2.05, 4.69) is 0 Å². The van der Waals surface area contributed by atoms with Gasteiger partial charge in [-0.2, -0.15) is 0 Å². The fourth-order valence-corrected chi connectivity index (χ4v) is 0. The van der Waals surface area contributed by atoms with Crippen LogP contribution in [-0.4, -0.2) is 27.3 Å². The maximum absolute atomic E-state index is 0. The molecule has 0 aromatic heterocycles. The smallest absolute Gasteiger partial charge is 0 e. The van der Waals surface area contributed by atoms with Crippen molar-refractivity contribution < 1.29 is 53.3 Å². The SMILES string of the molecule is [Co].[Mn].[Pb].[Zn]. The van der Waals surface area contributed by atoms with Crippen molar-refractivity contribution in [2.75, 3.05) is 0 Å². The molecule has 4 heteroatoms. The van der Waals surface area contributed by atoms with Gasteiger partial charge in [-0.3, -0.25) is 0 Å². The van der Waals surface area contributed by atoms with Gasteiger partial charge in [0.05, 0.1) is 0 Å². The molecule has 0 nitrogen and oxygen atoms in total. The Balaban J connectivity index is 0. The van der Waals surface area contributed by atoms with Crippen molar-refractivity contribution in [3.63, 3.8) is 0 Å². The largest absolute Gasteiger partial charge is 0 e. The molecule has 0 saturated carbocycles. The Kier molecular flexibility index (Phi) is 136. The Labute approximate surface area is 79.5 Å². The first-order valence-electron chi connectivity index (χ1n) is 0. The van der Waals surface area contributed by atoms with Crippen molar-refractivity contribution in [2.45, 2.75) is 0 Å². The molecule has 0 aromatic carbocycles. The standard InChI is InChI=1S/Co.Mn.Pb.Zn. The van der Waals surface area contributed by atoms with E-state index in [9.17, 15) is 0 Å². The molecule has 0 saturated heterocycles. The van der Waals surface area contributed by atoms with E-state index in [4.69, 9.17) is 0 Å².